The fourth-order valence-electron chi connectivity index (χ4n) is 7.42. The molecule has 0 saturated carbocycles. The first-order valence-electron chi connectivity index (χ1n) is 23.7. The lowest BCUT2D eigenvalue weighted by molar-refractivity contribution is -0.333. The number of rotatable bonds is 30. The maximum absolute atomic E-state index is 13.6. The van der Waals surface area contributed by atoms with Crippen LogP contribution in [0.4, 0.5) is 0 Å². The van der Waals surface area contributed by atoms with Gasteiger partial charge in [-0.1, -0.05) is 0 Å². The van der Waals surface area contributed by atoms with Crippen LogP contribution in [0.1, 0.15) is 80.1 Å². The minimum Gasteiger partial charge on any atom is -0.480 e. The smallest absolute Gasteiger partial charge is 0.326 e. The van der Waals surface area contributed by atoms with Crippen molar-refractivity contribution in [2.45, 2.75) is 184 Å². The molecule has 18 N–H and O–H groups in total. The molecule has 0 aromatic carbocycles. The van der Waals surface area contributed by atoms with Crippen LogP contribution in [0.2, 0.25) is 0 Å². The van der Waals surface area contributed by atoms with Gasteiger partial charge in [0.25, 0.3) is 0 Å². The van der Waals surface area contributed by atoms with Crippen LogP contribution >= 0.6 is 0 Å². The molecule has 2 aliphatic heterocycles. The van der Waals surface area contributed by atoms with Crippen LogP contribution in [-0.2, 0) is 71.7 Å². The molecule has 1 unspecified atom stereocenters. The Morgan fingerprint density at radius 1 is 0.587 bits per heavy atom. The van der Waals surface area contributed by atoms with Gasteiger partial charge in [-0.05, 0) is 53.4 Å². The molecular weight excluding hydrogens is 1010 g/mol. The molecular formula is C43H71N9O23. The monoisotopic (exact) mass is 1080 g/mol. The van der Waals surface area contributed by atoms with Gasteiger partial charge in [0, 0.05) is 26.8 Å². The quantitative estimate of drug-likeness (QED) is 0.0297. The Morgan fingerprint density at radius 3 is 1.69 bits per heavy atom. The zero-order valence-corrected chi connectivity index (χ0v) is 42.0. The summed E-state index contributed by atoms with van der Waals surface area (Å²) in [7, 11) is 0. The number of aliphatic carboxylic acids is 3. The number of carboxylic acid groups (broad SMARTS) is 3. The Morgan fingerprint density at radius 2 is 1.15 bits per heavy atom. The van der Waals surface area contributed by atoms with Gasteiger partial charge in [0.15, 0.2) is 12.6 Å². The van der Waals surface area contributed by atoms with Crippen molar-refractivity contribution in [2.24, 2.45) is 5.73 Å². The van der Waals surface area contributed by atoms with E-state index in [0.717, 1.165) is 27.7 Å². The van der Waals surface area contributed by atoms with E-state index in [9.17, 15) is 83.4 Å². The van der Waals surface area contributed by atoms with Crippen LogP contribution < -0.4 is 48.3 Å². The third kappa shape index (κ3) is 20.8. The third-order valence-electron chi connectivity index (χ3n) is 11.6. The molecule has 0 spiro atoms. The number of amides is 8. The maximum Gasteiger partial charge on any atom is 0.326 e. The van der Waals surface area contributed by atoms with Crippen LogP contribution in [0.15, 0.2) is 0 Å². The summed E-state index contributed by atoms with van der Waals surface area (Å²) in [4.78, 5) is 137. The molecule has 32 nitrogen and oxygen atoms in total. The Balaban J connectivity index is 2.20. The van der Waals surface area contributed by atoms with Crippen molar-refractivity contribution < 1.29 is 113 Å². The highest BCUT2D eigenvalue weighted by Gasteiger charge is 2.53. The molecule has 0 radical (unpaired) electrons. The molecule has 75 heavy (non-hydrogen) atoms. The van der Waals surface area contributed by atoms with Crippen LogP contribution in [0.25, 0.3) is 0 Å². The van der Waals surface area contributed by atoms with Crippen LogP contribution in [0, 0.1) is 0 Å². The molecule has 2 heterocycles. The number of ether oxygens (including phenoxy) is 4. The highest BCUT2D eigenvalue weighted by atomic mass is 16.7. The summed E-state index contributed by atoms with van der Waals surface area (Å²) in [5.41, 5.74) is 5.36. The molecule has 17 atom stereocenters. The van der Waals surface area contributed by atoms with E-state index in [1.807, 2.05) is 0 Å². The topological polar surface area (TPSA) is 509 Å². The summed E-state index contributed by atoms with van der Waals surface area (Å²) in [6, 6.07) is -11.8. The number of carbonyl (C=O) groups is 11. The van der Waals surface area contributed by atoms with E-state index in [4.69, 9.17) is 34.9 Å². The van der Waals surface area contributed by atoms with Gasteiger partial charge in [0.1, 0.15) is 91.1 Å². The second kappa shape index (κ2) is 31.0. The molecule has 2 fully saturated rings. The van der Waals surface area contributed by atoms with E-state index >= 15 is 0 Å². The SMILES string of the molecule is CC(=O)N[C@H]1[C@H](O[C@H]2[C@H](O[C@H](C)C(=O)N[C@@H](C)C(=O)N[C@H](CCC(=O)N[C@@H](CCCCNC(=O)C[C@@H](N)C(=O)O)C(=O)N[C@H](C)C(=O)N[C@H](C)C(=O)O)C(=O)O)[C@@H](NC(C)=O)C(O)O[C@@H]2CO)O[C@H](CO)[C@@H](O)[C@@H]1O. The number of aliphatic hydroxyl groups excluding tert-OH is 5. The first-order valence-corrected chi connectivity index (χ1v) is 23.7. The average Bonchev–Trinajstić information content (AvgIpc) is 3.32. The van der Waals surface area contributed by atoms with Gasteiger partial charge in [0.2, 0.25) is 47.3 Å². The van der Waals surface area contributed by atoms with E-state index in [1.54, 1.807) is 0 Å². The minimum atomic E-state index is -1.92. The normalized spacial score (nSPS) is 26.2. The predicted octanol–water partition coefficient (Wildman–Crippen LogP) is -8.18. The summed E-state index contributed by atoms with van der Waals surface area (Å²) < 4.78 is 23.1. The zero-order valence-electron chi connectivity index (χ0n) is 42.0. The van der Waals surface area contributed by atoms with Gasteiger partial charge in [-0.3, -0.25) is 47.9 Å². The van der Waals surface area contributed by atoms with Gasteiger partial charge < -0.3 is 108 Å². The summed E-state index contributed by atoms with van der Waals surface area (Å²) in [5.74, 6) is -11.3. The number of nitrogens with one attached hydrogen (secondary N) is 8. The number of aliphatic hydroxyl groups is 5. The van der Waals surface area contributed by atoms with Gasteiger partial charge in [0.05, 0.1) is 19.6 Å². The van der Waals surface area contributed by atoms with Crippen LogP contribution in [-0.4, -0.2) is 229 Å². The average molecular weight is 1080 g/mol. The van der Waals surface area contributed by atoms with E-state index in [2.05, 4.69) is 42.5 Å². The molecule has 0 aromatic rings. The summed E-state index contributed by atoms with van der Waals surface area (Å²) in [5, 5.41) is 98.9. The standard InChI is InChI=1S/C43H71N9O23/c1-16(35(61)48-18(3)39(65)66)47-38(64)23(9-7-8-12-45-28(58)13-22(44)40(67)68)51-27(57)11-10-24(41(69)70)52-36(62)17(2)46-37(63)19(4)72-34-30(50-21(6)56)42(71)73-26(15-54)33(34)75-43-29(49-20(5)55)32(60)31(59)25(14-53)74-43/h16-19,22-26,29-34,42-43,53-54,59-60,71H,7-15,44H2,1-6H3,(H,45,58)(H,46,63)(H,47,64)(H,48,61)(H,49,55)(H,50,56)(H,51,57)(H,52,62)(H,65,66)(H,67,68)(H,69,70)/t16-,17+,18-,19-,22-,23+,24-,25-,26-,29-,30-,31-,32-,33-,34-,42?,43+/m1/s1. The van der Waals surface area contributed by atoms with E-state index in [-0.39, 0.29) is 25.8 Å². The van der Waals surface area contributed by atoms with Gasteiger partial charge in [-0.2, -0.15) is 0 Å². The Hall–Kier alpha value is -6.23. The lowest BCUT2D eigenvalue weighted by Crippen LogP contribution is -2.70. The van der Waals surface area contributed by atoms with Crippen molar-refractivity contribution in [1.29, 1.82) is 0 Å². The number of unbranched alkanes of at least 4 members (excludes halogenated alkanes) is 1. The van der Waals surface area contributed by atoms with E-state index < -0.39 is 201 Å². The second-order valence-electron chi connectivity index (χ2n) is 17.8. The predicted molar refractivity (Wildman–Crippen MR) is 248 cm³/mol. The van der Waals surface area contributed by atoms with E-state index in [1.165, 1.54) is 13.8 Å². The van der Waals surface area contributed by atoms with Crippen molar-refractivity contribution in [1.82, 2.24) is 42.5 Å². The number of carbonyl (C=O) groups excluding carboxylic acids is 8. The number of nitrogens with two attached hydrogens (primary N) is 1. The minimum absolute atomic E-state index is 0.00892. The summed E-state index contributed by atoms with van der Waals surface area (Å²) in [6.07, 6.45) is -16.6. The third-order valence-corrected chi connectivity index (χ3v) is 11.6. The van der Waals surface area contributed by atoms with Crippen molar-refractivity contribution in [3.05, 3.63) is 0 Å². The van der Waals surface area contributed by atoms with Gasteiger partial charge in [-0.25, -0.2) is 4.79 Å². The molecule has 32 heteroatoms. The second-order valence-corrected chi connectivity index (χ2v) is 17.8. The zero-order chi connectivity index (χ0) is 57.0. The highest BCUT2D eigenvalue weighted by molar-refractivity contribution is 5.94. The van der Waals surface area contributed by atoms with Crippen LogP contribution in [0.3, 0.4) is 0 Å². The van der Waals surface area contributed by atoms with Crippen molar-refractivity contribution in [3.63, 3.8) is 0 Å². The molecule has 2 aliphatic rings. The van der Waals surface area contributed by atoms with Gasteiger partial charge in [-0.15, -0.1) is 0 Å². The first kappa shape index (κ1) is 64.9. The lowest BCUT2D eigenvalue weighted by atomic mass is 9.94. The van der Waals surface area contributed by atoms with Crippen molar-refractivity contribution >= 4 is 65.2 Å². The molecule has 426 valence electrons. The number of hydrogen-bond donors (Lipinski definition) is 17. The molecule has 0 bridgehead atoms. The molecule has 0 aromatic heterocycles. The molecule has 0 aliphatic carbocycles. The Kier molecular flexibility index (Phi) is 26.8. The highest BCUT2D eigenvalue weighted by Crippen LogP contribution is 2.31. The fraction of sp³-hybridized carbons (Fsp3) is 0.744. The molecule has 2 saturated heterocycles. The number of hydrogen-bond acceptors (Lipinski definition) is 21. The summed E-state index contributed by atoms with van der Waals surface area (Å²) >= 11 is 0. The fourth-order valence-corrected chi connectivity index (χ4v) is 7.42. The first-order chi connectivity index (χ1) is 35.0. The van der Waals surface area contributed by atoms with Crippen LogP contribution in [0.5, 0.6) is 0 Å². The Bertz CT molecular complexity index is 2020. The van der Waals surface area contributed by atoms with Gasteiger partial charge >= 0.3 is 17.9 Å². The molecule has 2 rings (SSSR count). The lowest BCUT2D eigenvalue weighted by Gasteiger charge is -2.48. The van der Waals surface area contributed by atoms with Crippen molar-refractivity contribution in [2.75, 3.05) is 19.8 Å². The summed E-state index contributed by atoms with van der Waals surface area (Å²) in [6.45, 7) is 5.13. The number of carboxylic acids is 3. The van der Waals surface area contributed by atoms with E-state index in [0.29, 0.717) is 0 Å². The van der Waals surface area contributed by atoms with Crippen molar-refractivity contribution in [3.8, 4) is 0 Å². The Labute approximate surface area is 428 Å². The molecule has 8 amide bonds. The largest absolute Gasteiger partial charge is 0.480 e. The maximum atomic E-state index is 13.6.